The number of fused-ring (bicyclic) bond motifs is 1. The Morgan fingerprint density at radius 1 is 1.50 bits per heavy atom. The summed E-state index contributed by atoms with van der Waals surface area (Å²) in [4.78, 5) is 0. The van der Waals surface area contributed by atoms with Crippen molar-refractivity contribution in [2.75, 3.05) is 0 Å². The fraction of sp³-hybridized carbons (Fsp3) is 0.500. The third-order valence-corrected chi connectivity index (χ3v) is 3.76. The lowest BCUT2D eigenvalue weighted by Gasteiger charge is -2.20. The molecule has 18 heavy (non-hydrogen) atoms. The van der Waals surface area contributed by atoms with Gasteiger partial charge in [0.25, 0.3) is 0 Å². The van der Waals surface area contributed by atoms with Gasteiger partial charge in [-0.05, 0) is 37.3 Å². The first-order valence-corrected chi connectivity index (χ1v) is 6.57. The van der Waals surface area contributed by atoms with E-state index in [1.807, 2.05) is 17.9 Å². The predicted molar refractivity (Wildman–Crippen MR) is 69.2 cm³/mol. The summed E-state index contributed by atoms with van der Waals surface area (Å²) in [5, 5.41) is 14.1. The summed E-state index contributed by atoms with van der Waals surface area (Å²) < 4.78 is 4.12. The summed E-state index contributed by atoms with van der Waals surface area (Å²) in [5.41, 5.74) is 3.71. The number of hydrogen-bond donors (Lipinski definition) is 1. The highest BCUT2D eigenvalue weighted by Crippen LogP contribution is 2.30. The topological polar surface area (TPSA) is 43.0 Å². The summed E-state index contributed by atoms with van der Waals surface area (Å²) in [5.74, 6) is 0. The highest BCUT2D eigenvalue weighted by Gasteiger charge is 2.20. The highest BCUT2D eigenvalue weighted by atomic mass is 16.3. The molecule has 0 amide bonds. The van der Waals surface area contributed by atoms with Crippen LogP contribution in [-0.4, -0.2) is 19.5 Å². The molecular formula is C14H19N3O. The third kappa shape index (κ3) is 2.08. The van der Waals surface area contributed by atoms with Crippen LogP contribution in [-0.2, 0) is 26.4 Å². The lowest BCUT2D eigenvalue weighted by atomic mass is 9.95. The smallest absolute Gasteiger partial charge is 0.0807 e. The van der Waals surface area contributed by atoms with E-state index in [9.17, 15) is 5.11 Å². The minimum absolute atomic E-state index is 0.256. The SMILES string of the molecule is Cn1cc(CCn2ccc3c2CCCC3O)cn1. The zero-order chi connectivity index (χ0) is 12.5. The Labute approximate surface area is 107 Å². The van der Waals surface area contributed by atoms with Crippen LogP contribution in [0, 0.1) is 0 Å². The van der Waals surface area contributed by atoms with Crippen molar-refractivity contribution in [2.24, 2.45) is 7.05 Å². The summed E-state index contributed by atoms with van der Waals surface area (Å²) in [7, 11) is 1.94. The monoisotopic (exact) mass is 245 g/mol. The fourth-order valence-corrected chi connectivity index (χ4v) is 2.79. The van der Waals surface area contributed by atoms with E-state index in [0.29, 0.717) is 0 Å². The second-order valence-electron chi connectivity index (χ2n) is 5.09. The standard InChI is InChI=1S/C14H19N3O/c1-16-10-11(9-15-16)5-7-17-8-6-12-13(17)3-2-4-14(12)18/h6,8-10,14,18H,2-5,7H2,1H3. The van der Waals surface area contributed by atoms with E-state index in [0.717, 1.165) is 37.8 Å². The molecule has 4 nitrogen and oxygen atoms in total. The number of rotatable bonds is 3. The predicted octanol–water partition coefficient (Wildman–Crippen LogP) is 1.83. The van der Waals surface area contributed by atoms with Gasteiger partial charge in [0, 0.05) is 37.2 Å². The normalized spacial score (nSPS) is 18.9. The molecule has 96 valence electrons. The Bertz CT molecular complexity index is 541. The maximum atomic E-state index is 9.94. The third-order valence-electron chi connectivity index (χ3n) is 3.76. The van der Waals surface area contributed by atoms with Crippen LogP contribution in [0.25, 0.3) is 0 Å². The first kappa shape index (κ1) is 11.5. The molecule has 3 rings (SSSR count). The Morgan fingerprint density at radius 2 is 2.39 bits per heavy atom. The number of aliphatic hydroxyl groups excluding tert-OH is 1. The highest BCUT2D eigenvalue weighted by molar-refractivity contribution is 5.27. The minimum Gasteiger partial charge on any atom is -0.388 e. The molecule has 2 aromatic heterocycles. The van der Waals surface area contributed by atoms with Gasteiger partial charge >= 0.3 is 0 Å². The molecule has 1 N–H and O–H groups in total. The van der Waals surface area contributed by atoms with E-state index in [1.54, 1.807) is 0 Å². The first-order chi connectivity index (χ1) is 8.74. The van der Waals surface area contributed by atoms with E-state index >= 15 is 0 Å². The van der Waals surface area contributed by atoms with Gasteiger partial charge in [-0.1, -0.05) is 0 Å². The zero-order valence-corrected chi connectivity index (χ0v) is 10.7. The van der Waals surface area contributed by atoms with E-state index in [4.69, 9.17) is 0 Å². The molecule has 1 unspecified atom stereocenters. The van der Waals surface area contributed by atoms with Gasteiger partial charge in [-0.25, -0.2) is 0 Å². The molecule has 0 bridgehead atoms. The van der Waals surface area contributed by atoms with Crippen molar-refractivity contribution < 1.29 is 5.11 Å². The Balaban J connectivity index is 1.73. The molecule has 0 saturated carbocycles. The summed E-state index contributed by atoms with van der Waals surface area (Å²) >= 11 is 0. The second-order valence-corrected chi connectivity index (χ2v) is 5.09. The largest absolute Gasteiger partial charge is 0.388 e. The molecule has 2 heterocycles. The van der Waals surface area contributed by atoms with Gasteiger partial charge in [0.05, 0.1) is 12.3 Å². The number of aromatic nitrogens is 3. The Hall–Kier alpha value is -1.55. The maximum absolute atomic E-state index is 9.94. The van der Waals surface area contributed by atoms with Crippen LogP contribution in [0.4, 0.5) is 0 Å². The van der Waals surface area contributed by atoms with Crippen LogP contribution in [0.2, 0.25) is 0 Å². The van der Waals surface area contributed by atoms with Gasteiger partial charge in [-0.15, -0.1) is 0 Å². The van der Waals surface area contributed by atoms with Crippen molar-refractivity contribution in [1.29, 1.82) is 0 Å². The molecule has 2 aromatic rings. The van der Waals surface area contributed by atoms with Crippen molar-refractivity contribution >= 4 is 0 Å². The molecule has 1 aliphatic carbocycles. The van der Waals surface area contributed by atoms with E-state index < -0.39 is 0 Å². The van der Waals surface area contributed by atoms with E-state index in [-0.39, 0.29) is 6.10 Å². The van der Waals surface area contributed by atoms with Crippen LogP contribution in [0.15, 0.2) is 24.7 Å². The van der Waals surface area contributed by atoms with Crippen molar-refractivity contribution in [1.82, 2.24) is 14.3 Å². The lowest BCUT2D eigenvalue weighted by molar-refractivity contribution is 0.155. The molecule has 0 aliphatic heterocycles. The van der Waals surface area contributed by atoms with E-state index in [1.165, 1.54) is 11.3 Å². The number of aryl methyl sites for hydroxylation is 3. The van der Waals surface area contributed by atoms with E-state index in [2.05, 4.69) is 28.1 Å². The minimum atomic E-state index is -0.256. The summed E-state index contributed by atoms with van der Waals surface area (Å²) in [6.45, 7) is 0.966. The number of hydrogen-bond acceptors (Lipinski definition) is 2. The Kier molecular flexibility index (Phi) is 2.96. The van der Waals surface area contributed by atoms with Crippen LogP contribution in [0.3, 0.4) is 0 Å². The molecule has 0 radical (unpaired) electrons. The molecule has 0 fully saturated rings. The Morgan fingerprint density at radius 3 is 3.17 bits per heavy atom. The fourth-order valence-electron chi connectivity index (χ4n) is 2.79. The average molecular weight is 245 g/mol. The molecule has 0 spiro atoms. The van der Waals surface area contributed by atoms with Crippen LogP contribution < -0.4 is 0 Å². The quantitative estimate of drug-likeness (QED) is 0.896. The van der Waals surface area contributed by atoms with Crippen LogP contribution in [0.5, 0.6) is 0 Å². The molecular weight excluding hydrogens is 226 g/mol. The zero-order valence-electron chi connectivity index (χ0n) is 10.7. The summed E-state index contributed by atoms with van der Waals surface area (Å²) in [6, 6.07) is 2.07. The first-order valence-electron chi connectivity index (χ1n) is 6.57. The van der Waals surface area contributed by atoms with Crippen molar-refractivity contribution in [2.45, 2.75) is 38.3 Å². The second kappa shape index (κ2) is 4.61. The lowest BCUT2D eigenvalue weighted by Crippen LogP contribution is -2.12. The number of aliphatic hydroxyl groups is 1. The van der Waals surface area contributed by atoms with Gasteiger partial charge in [0.15, 0.2) is 0 Å². The van der Waals surface area contributed by atoms with Gasteiger partial charge < -0.3 is 9.67 Å². The van der Waals surface area contributed by atoms with Crippen LogP contribution in [0.1, 0.15) is 35.8 Å². The molecule has 0 saturated heterocycles. The molecule has 1 aliphatic rings. The van der Waals surface area contributed by atoms with Gasteiger partial charge in [0.1, 0.15) is 0 Å². The van der Waals surface area contributed by atoms with Gasteiger partial charge in [-0.2, -0.15) is 5.10 Å². The summed E-state index contributed by atoms with van der Waals surface area (Å²) in [6.07, 6.45) is 9.90. The van der Waals surface area contributed by atoms with Gasteiger partial charge in [-0.3, -0.25) is 4.68 Å². The number of nitrogens with zero attached hydrogens (tertiary/aromatic N) is 3. The molecule has 0 aromatic carbocycles. The average Bonchev–Trinajstić information content (AvgIpc) is 2.94. The maximum Gasteiger partial charge on any atom is 0.0807 e. The van der Waals surface area contributed by atoms with Crippen molar-refractivity contribution in [3.8, 4) is 0 Å². The van der Waals surface area contributed by atoms with Gasteiger partial charge in [0.2, 0.25) is 0 Å². The van der Waals surface area contributed by atoms with Crippen LogP contribution >= 0.6 is 0 Å². The van der Waals surface area contributed by atoms with Crippen molar-refractivity contribution in [3.05, 3.63) is 41.5 Å². The van der Waals surface area contributed by atoms with Crippen molar-refractivity contribution in [3.63, 3.8) is 0 Å². The molecule has 4 heteroatoms. The molecule has 1 atom stereocenters.